The van der Waals surface area contributed by atoms with Crippen molar-refractivity contribution in [2.24, 2.45) is 10.1 Å². The number of halogens is 3. The van der Waals surface area contributed by atoms with Crippen molar-refractivity contribution in [3.63, 3.8) is 0 Å². The highest BCUT2D eigenvalue weighted by Gasteiger charge is 2.46. The standard InChI is InChI=1S/C17H9F3N4OS/c18-17(19,20)15-23-24-13(21)12(14(25)22-16(24)26-15)8-10-6-3-5-9-4-1-2-7-11(9)10/h1-8,21H/b12-8-,21-13?. The van der Waals surface area contributed by atoms with Gasteiger partial charge in [-0.05, 0) is 34.2 Å². The van der Waals surface area contributed by atoms with E-state index < -0.39 is 23.0 Å². The molecule has 2 aliphatic rings. The van der Waals surface area contributed by atoms with Crippen LogP contribution in [0.3, 0.4) is 0 Å². The monoisotopic (exact) mass is 374 g/mol. The van der Waals surface area contributed by atoms with Gasteiger partial charge in [0.05, 0.1) is 5.57 Å². The van der Waals surface area contributed by atoms with Crippen molar-refractivity contribution in [2.75, 3.05) is 0 Å². The number of thioether (sulfide) groups is 1. The fourth-order valence-corrected chi connectivity index (χ4v) is 3.40. The van der Waals surface area contributed by atoms with Crippen LogP contribution in [0.5, 0.6) is 0 Å². The summed E-state index contributed by atoms with van der Waals surface area (Å²) in [6.07, 6.45) is -3.20. The molecule has 5 nitrogen and oxygen atoms in total. The molecule has 1 N–H and O–H groups in total. The maximum atomic E-state index is 12.8. The van der Waals surface area contributed by atoms with Gasteiger partial charge in [-0.2, -0.15) is 28.3 Å². The lowest BCUT2D eigenvalue weighted by atomic mass is 10.0. The number of fused-ring (bicyclic) bond motifs is 2. The highest BCUT2D eigenvalue weighted by atomic mass is 32.2. The third kappa shape index (κ3) is 2.70. The molecule has 0 fully saturated rings. The third-order valence-electron chi connectivity index (χ3n) is 3.82. The minimum atomic E-state index is -4.66. The van der Waals surface area contributed by atoms with E-state index in [1.807, 2.05) is 30.3 Å². The zero-order valence-electron chi connectivity index (χ0n) is 12.9. The Kier molecular flexibility index (Phi) is 3.69. The number of alkyl halides is 3. The third-order valence-corrected chi connectivity index (χ3v) is 4.77. The summed E-state index contributed by atoms with van der Waals surface area (Å²) in [4.78, 5) is 15.9. The summed E-state index contributed by atoms with van der Waals surface area (Å²) in [6.45, 7) is 0. The zero-order chi connectivity index (χ0) is 18.5. The smallest absolute Gasteiger partial charge is 0.282 e. The van der Waals surface area contributed by atoms with Gasteiger partial charge >= 0.3 is 6.18 Å². The van der Waals surface area contributed by atoms with Crippen LogP contribution in [0.25, 0.3) is 16.8 Å². The average Bonchev–Trinajstić information content (AvgIpc) is 3.03. The number of amides is 1. The predicted octanol–water partition coefficient (Wildman–Crippen LogP) is 4.02. The van der Waals surface area contributed by atoms with Gasteiger partial charge in [0.25, 0.3) is 5.91 Å². The molecule has 130 valence electrons. The molecule has 0 radical (unpaired) electrons. The van der Waals surface area contributed by atoms with Gasteiger partial charge in [0.15, 0.2) is 5.84 Å². The van der Waals surface area contributed by atoms with Crippen LogP contribution in [0, 0.1) is 5.41 Å². The van der Waals surface area contributed by atoms with E-state index in [1.165, 1.54) is 6.08 Å². The lowest BCUT2D eigenvalue weighted by Crippen LogP contribution is -2.35. The molecule has 0 saturated carbocycles. The molecule has 1 amide bonds. The Morgan fingerprint density at radius 1 is 1.12 bits per heavy atom. The van der Waals surface area contributed by atoms with Gasteiger partial charge < -0.3 is 0 Å². The van der Waals surface area contributed by atoms with Crippen molar-refractivity contribution in [3.05, 3.63) is 53.6 Å². The molecule has 0 aromatic heterocycles. The van der Waals surface area contributed by atoms with Crippen LogP contribution in [-0.4, -0.2) is 33.1 Å². The predicted molar refractivity (Wildman–Crippen MR) is 95.0 cm³/mol. The van der Waals surface area contributed by atoms with Crippen molar-refractivity contribution in [1.82, 2.24) is 5.01 Å². The molecule has 2 aliphatic heterocycles. The lowest BCUT2D eigenvalue weighted by molar-refractivity contribution is -0.114. The van der Waals surface area contributed by atoms with Gasteiger partial charge in [-0.25, -0.2) is 0 Å². The number of rotatable bonds is 1. The van der Waals surface area contributed by atoms with E-state index in [0.29, 0.717) is 5.56 Å². The van der Waals surface area contributed by atoms with Gasteiger partial charge in [0.1, 0.15) is 0 Å². The van der Waals surface area contributed by atoms with Crippen LogP contribution < -0.4 is 0 Å². The van der Waals surface area contributed by atoms with Gasteiger partial charge in [-0.15, -0.1) is 0 Å². The number of benzene rings is 2. The Hall–Kier alpha value is -2.94. The number of hydrogen-bond acceptors (Lipinski definition) is 4. The number of nitrogens with zero attached hydrogens (tertiary/aromatic N) is 3. The summed E-state index contributed by atoms with van der Waals surface area (Å²) in [5.74, 6) is -1.19. The average molecular weight is 374 g/mol. The molecule has 2 aromatic rings. The van der Waals surface area contributed by atoms with Gasteiger partial charge in [-0.1, -0.05) is 42.5 Å². The summed E-state index contributed by atoms with van der Waals surface area (Å²) in [7, 11) is 0. The molecule has 0 saturated heterocycles. The Bertz CT molecular complexity index is 1050. The second-order valence-corrected chi connectivity index (χ2v) is 6.45. The molecule has 9 heteroatoms. The first-order valence-electron chi connectivity index (χ1n) is 7.40. The summed E-state index contributed by atoms with van der Waals surface area (Å²) in [6, 6.07) is 12.9. The summed E-state index contributed by atoms with van der Waals surface area (Å²) in [5, 5.41) is 12.6. The molecule has 0 aliphatic carbocycles. The van der Waals surface area contributed by atoms with Crippen LogP contribution in [0.4, 0.5) is 13.2 Å². The van der Waals surface area contributed by atoms with E-state index in [9.17, 15) is 18.0 Å². The normalized spacial score (nSPS) is 19.0. The summed E-state index contributed by atoms with van der Waals surface area (Å²) in [5.41, 5.74) is 0.555. The van der Waals surface area contributed by atoms with E-state index in [-0.39, 0.29) is 22.5 Å². The number of hydrogen-bond donors (Lipinski definition) is 1. The molecule has 0 atom stereocenters. The van der Waals surface area contributed by atoms with Crippen LogP contribution in [0.1, 0.15) is 5.56 Å². The zero-order valence-corrected chi connectivity index (χ0v) is 13.7. The number of carbonyl (C=O) groups excluding carboxylic acids is 1. The number of carbonyl (C=O) groups is 1. The van der Waals surface area contributed by atoms with E-state index in [2.05, 4.69) is 10.1 Å². The second-order valence-electron chi connectivity index (χ2n) is 5.49. The Balaban J connectivity index is 1.79. The van der Waals surface area contributed by atoms with Crippen molar-refractivity contribution in [1.29, 1.82) is 5.41 Å². The molecule has 4 rings (SSSR count). The number of nitrogens with one attached hydrogen (secondary N) is 1. The maximum absolute atomic E-state index is 12.8. The molecule has 0 spiro atoms. The summed E-state index contributed by atoms with van der Waals surface area (Å²) < 4.78 is 38.5. The number of aliphatic imine (C=N–C) groups is 1. The van der Waals surface area contributed by atoms with E-state index in [0.717, 1.165) is 15.8 Å². The van der Waals surface area contributed by atoms with E-state index in [4.69, 9.17) is 5.41 Å². The van der Waals surface area contributed by atoms with Crippen LogP contribution in [-0.2, 0) is 4.79 Å². The van der Waals surface area contributed by atoms with E-state index in [1.54, 1.807) is 12.1 Å². The fourth-order valence-electron chi connectivity index (χ4n) is 2.64. The van der Waals surface area contributed by atoms with E-state index >= 15 is 0 Å². The van der Waals surface area contributed by atoms with Gasteiger partial charge in [-0.3, -0.25) is 10.2 Å². The van der Waals surface area contributed by atoms with Gasteiger partial charge in [0.2, 0.25) is 10.2 Å². The van der Waals surface area contributed by atoms with Crippen molar-refractivity contribution in [3.8, 4) is 0 Å². The van der Waals surface area contributed by atoms with Gasteiger partial charge in [0, 0.05) is 0 Å². The van der Waals surface area contributed by atoms with Crippen molar-refractivity contribution in [2.45, 2.75) is 6.18 Å². The molecule has 26 heavy (non-hydrogen) atoms. The molecular formula is C17H9F3N4OS. The largest absolute Gasteiger partial charge is 0.441 e. The highest BCUT2D eigenvalue weighted by molar-refractivity contribution is 8.27. The van der Waals surface area contributed by atoms with Crippen LogP contribution >= 0.6 is 11.8 Å². The minimum absolute atomic E-state index is 0.113. The Morgan fingerprint density at radius 3 is 2.62 bits per heavy atom. The number of hydrazone groups is 1. The minimum Gasteiger partial charge on any atom is -0.282 e. The SMILES string of the molecule is N=C1/C(=C/c2cccc3ccccc23)C(=O)N=C2SC(C(F)(F)F)=NN12. The topological polar surface area (TPSA) is 68.9 Å². The van der Waals surface area contributed by atoms with Crippen molar-refractivity contribution >= 4 is 50.6 Å². The first-order chi connectivity index (χ1) is 12.3. The first kappa shape index (κ1) is 16.5. The van der Waals surface area contributed by atoms with Crippen LogP contribution in [0.15, 0.2) is 58.1 Å². The molecule has 2 heterocycles. The highest BCUT2D eigenvalue weighted by Crippen LogP contribution is 2.35. The number of amidine groups is 2. The van der Waals surface area contributed by atoms with Crippen molar-refractivity contribution < 1.29 is 18.0 Å². The fraction of sp³-hybridized carbons (Fsp3) is 0.0588. The lowest BCUT2D eigenvalue weighted by Gasteiger charge is -2.20. The quantitative estimate of drug-likeness (QED) is 0.767. The molecule has 0 unspecified atom stereocenters. The Labute approximate surface area is 149 Å². The molecule has 0 bridgehead atoms. The maximum Gasteiger partial charge on any atom is 0.441 e. The molecule has 2 aromatic carbocycles. The summed E-state index contributed by atoms with van der Waals surface area (Å²) >= 11 is 0.232. The Morgan fingerprint density at radius 2 is 1.85 bits per heavy atom. The van der Waals surface area contributed by atoms with Crippen LogP contribution in [0.2, 0.25) is 0 Å². The second kappa shape index (κ2) is 5.80. The molecular weight excluding hydrogens is 365 g/mol. The first-order valence-corrected chi connectivity index (χ1v) is 8.21.